The van der Waals surface area contributed by atoms with Crippen LogP contribution < -0.4 is 10.1 Å². The zero-order chi connectivity index (χ0) is 19.8. The second kappa shape index (κ2) is 10.3. The molecule has 2 atom stereocenters. The fourth-order valence-electron chi connectivity index (χ4n) is 3.92. The summed E-state index contributed by atoms with van der Waals surface area (Å²) < 4.78 is 5.57. The highest BCUT2D eigenvalue weighted by molar-refractivity contribution is 5.85. The first kappa shape index (κ1) is 21.3. The molecule has 1 aliphatic rings. The summed E-state index contributed by atoms with van der Waals surface area (Å²) in [5.74, 6) is 0.662. The Morgan fingerprint density at radius 3 is 2.59 bits per heavy atom. The number of hydrogen-bond acceptors (Lipinski definition) is 3. The van der Waals surface area contributed by atoms with Gasteiger partial charge in [-0.1, -0.05) is 45.4 Å². The largest absolute Gasteiger partial charge is 0.496 e. The molecule has 1 aromatic rings. The molecular weight excluding hydrogens is 340 g/mol. The summed E-state index contributed by atoms with van der Waals surface area (Å²) in [5.41, 5.74) is 0.925. The normalized spacial score (nSPS) is 20.0. The molecule has 0 aromatic heterocycles. The van der Waals surface area contributed by atoms with Gasteiger partial charge in [-0.15, -0.1) is 0 Å². The monoisotopic (exact) mass is 374 g/mol. The van der Waals surface area contributed by atoms with Gasteiger partial charge < -0.3 is 15.0 Å². The fraction of sp³-hybridized carbons (Fsp3) is 0.636. The first-order valence-electron chi connectivity index (χ1n) is 10.3. The summed E-state index contributed by atoms with van der Waals surface area (Å²) in [6.45, 7) is 6.96. The van der Waals surface area contributed by atoms with E-state index in [-0.39, 0.29) is 29.8 Å². The van der Waals surface area contributed by atoms with E-state index in [1.165, 1.54) is 0 Å². The number of carbonyl (C=O) groups is 2. The maximum Gasteiger partial charge on any atom is 0.225 e. The predicted octanol–water partition coefficient (Wildman–Crippen LogP) is 4.08. The van der Waals surface area contributed by atoms with Crippen molar-refractivity contribution in [1.29, 1.82) is 0 Å². The standard InChI is InChI=1S/C22H34N2O3/c1-5-8-15-24-20(25)14-13-18(22(26)23-16(6-2)7-3)21(24)17-11-9-10-12-19(17)27-4/h9-12,16,18,21H,5-8,13-15H2,1-4H3,(H,23,26). The van der Waals surface area contributed by atoms with E-state index >= 15 is 0 Å². The Morgan fingerprint density at radius 1 is 1.26 bits per heavy atom. The van der Waals surface area contributed by atoms with Crippen molar-refractivity contribution in [1.82, 2.24) is 10.2 Å². The highest BCUT2D eigenvalue weighted by Gasteiger charge is 2.41. The number of rotatable bonds is 9. The van der Waals surface area contributed by atoms with Gasteiger partial charge >= 0.3 is 0 Å². The smallest absolute Gasteiger partial charge is 0.225 e. The fourth-order valence-corrected chi connectivity index (χ4v) is 3.92. The average Bonchev–Trinajstić information content (AvgIpc) is 2.70. The Kier molecular flexibility index (Phi) is 8.14. The third-order valence-corrected chi connectivity index (χ3v) is 5.59. The summed E-state index contributed by atoms with van der Waals surface area (Å²) in [5, 5.41) is 3.20. The van der Waals surface area contributed by atoms with Crippen molar-refractivity contribution in [2.75, 3.05) is 13.7 Å². The summed E-state index contributed by atoms with van der Waals surface area (Å²) in [7, 11) is 1.64. The van der Waals surface area contributed by atoms with Gasteiger partial charge in [-0.2, -0.15) is 0 Å². The van der Waals surface area contributed by atoms with Crippen LogP contribution >= 0.6 is 0 Å². The molecule has 1 heterocycles. The molecule has 5 nitrogen and oxygen atoms in total. The van der Waals surface area contributed by atoms with Crippen LogP contribution in [0.1, 0.15) is 70.9 Å². The predicted molar refractivity (Wildman–Crippen MR) is 108 cm³/mol. The molecule has 2 amide bonds. The third-order valence-electron chi connectivity index (χ3n) is 5.59. The minimum atomic E-state index is -0.275. The van der Waals surface area contributed by atoms with E-state index in [0.717, 1.165) is 37.0 Å². The van der Waals surface area contributed by atoms with Crippen LogP contribution in [-0.4, -0.2) is 36.4 Å². The number of amides is 2. The molecule has 0 radical (unpaired) electrons. The number of carbonyl (C=O) groups excluding carboxylic acids is 2. The molecule has 2 unspecified atom stereocenters. The second-order valence-corrected chi connectivity index (χ2v) is 7.29. The first-order valence-corrected chi connectivity index (χ1v) is 10.3. The molecule has 5 heteroatoms. The van der Waals surface area contributed by atoms with Gasteiger partial charge in [0.1, 0.15) is 5.75 Å². The minimum absolute atomic E-state index is 0.0496. The van der Waals surface area contributed by atoms with E-state index in [4.69, 9.17) is 4.74 Å². The van der Waals surface area contributed by atoms with Gasteiger partial charge in [-0.25, -0.2) is 0 Å². The molecule has 1 saturated heterocycles. The Bertz CT molecular complexity index is 628. The van der Waals surface area contributed by atoms with Crippen LogP contribution in [0.15, 0.2) is 24.3 Å². The number of hydrogen-bond donors (Lipinski definition) is 1. The zero-order valence-corrected chi connectivity index (χ0v) is 17.2. The van der Waals surface area contributed by atoms with Crippen molar-refractivity contribution in [3.8, 4) is 5.75 Å². The second-order valence-electron chi connectivity index (χ2n) is 7.29. The summed E-state index contributed by atoms with van der Waals surface area (Å²) in [6.07, 6.45) is 4.76. The molecule has 1 aromatic carbocycles. The SMILES string of the molecule is CCCCN1C(=O)CCC(C(=O)NC(CC)CC)C1c1ccccc1OC. The van der Waals surface area contributed by atoms with Gasteiger partial charge in [-0.3, -0.25) is 9.59 Å². The molecular formula is C22H34N2O3. The Labute approximate surface area is 163 Å². The summed E-state index contributed by atoms with van der Waals surface area (Å²) in [4.78, 5) is 27.8. The molecule has 1 aliphatic heterocycles. The number of benzene rings is 1. The molecule has 0 bridgehead atoms. The van der Waals surface area contributed by atoms with Crippen LogP contribution in [0.4, 0.5) is 0 Å². The van der Waals surface area contributed by atoms with Crippen LogP contribution in [0.5, 0.6) is 5.75 Å². The molecule has 0 spiro atoms. The number of nitrogens with zero attached hydrogens (tertiary/aromatic N) is 1. The summed E-state index contributed by atoms with van der Waals surface area (Å²) in [6, 6.07) is 7.66. The zero-order valence-electron chi connectivity index (χ0n) is 17.2. The molecule has 27 heavy (non-hydrogen) atoms. The number of nitrogens with one attached hydrogen (secondary N) is 1. The van der Waals surface area contributed by atoms with Crippen LogP contribution in [-0.2, 0) is 9.59 Å². The number of unbranched alkanes of at least 4 members (excludes halogenated alkanes) is 1. The van der Waals surface area contributed by atoms with Crippen LogP contribution in [0.2, 0.25) is 0 Å². The number of ether oxygens (including phenoxy) is 1. The van der Waals surface area contributed by atoms with E-state index in [9.17, 15) is 9.59 Å². The van der Waals surface area contributed by atoms with Crippen molar-refractivity contribution in [3.63, 3.8) is 0 Å². The van der Waals surface area contributed by atoms with Gasteiger partial charge in [-0.05, 0) is 31.7 Å². The van der Waals surface area contributed by atoms with Gasteiger partial charge in [0.15, 0.2) is 0 Å². The van der Waals surface area contributed by atoms with Gasteiger partial charge in [0.2, 0.25) is 11.8 Å². The van der Waals surface area contributed by atoms with Gasteiger partial charge in [0.25, 0.3) is 0 Å². The van der Waals surface area contributed by atoms with E-state index in [1.807, 2.05) is 29.2 Å². The van der Waals surface area contributed by atoms with Crippen molar-refractivity contribution in [3.05, 3.63) is 29.8 Å². The minimum Gasteiger partial charge on any atom is -0.496 e. The third kappa shape index (κ3) is 5.02. The van der Waals surface area contributed by atoms with Crippen LogP contribution in [0, 0.1) is 5.92 Å². The van der Waals surface area contributed by atoms with E-state index in [0.29, 0.717) is 19.4 Å². The van der Waals surface area contributed by atoms with Gasteiger partial charge in [0, 0.05) is 24.6 Å². The highest BCUT2D eigenvalue weighted by atomic mass is 16.5. The molecule has 0 aliphatic carbocycles. The average molecular weight is 375 g/mol. The lowest BCUT2D eigenvalue weighted by molar-refractivity contribution is -0.143. The molecule has 1 N–H and O–H groups in total. The van der Waals surface area contributed by atoms with Crippen LogP contribution in [0.3, 0.4) is 0 Å². The molecule has 0 saturated carbocycles. The maximum atomic E-state index is 13.1. The molecule has 2 rings (SSSR count). The number of methoxy groups -OCH3 is 1. The topological polar surface area (TPSA) is 58.6 Å². The highest BCUT2D eigenvalue weighted by Crippen LogP contribution is 2.41. The molecule has 1 fully saturated rings. The molecule has 150 valence electrons. The van der Waals surface area contributed by atoms with Crippen molar-refractivity contribution in [2.24, 2.45) is 5.92 Å². The van der Waals surface area contributed by atoms with Crippen molar-refractivity contribution < 1.29 is 14.3 Å². The first-order chi connectivity index (χ1) is 13.1. The number of piperidine rings is 1. The Balaban J connectivity index is 2.40. The lowest BCUT2D eigenvalue weighted by atomic mass is 9.82. The van der Waals surface area contributed by atoms with E-state index in [1.54, 1.807) is 7.11 Å². The van der Waals surface area contributed by atoms with E-state index in [2.05, 4.69) is 26.1 Å². The lowest BCUT2D eigenvalue weighted by Gasteiger charge is -2.41. The van der Waals surface area contributed by atoms with Gasteiger partial charge in [0.05, 0.1) is 19.1 Å². The van der Waals surface area contributed by atoms with Crippen molar-refractivity contribution >= 4 is 11.8 Å². The van der Waals surface area contributed by atoms with Crippen molar-refractivity contribution in [2.45, 2.75) is 71.4 Å². The number of likely N-dealkylation sites (tertiary alicyclic amines) is 1. The Morgan fingerprint density at radius 2 is 1.96 bits per heavy atom. The Hall–Kier alpha value is -2.04. The lowest BCUT2D eigenvalue weighted by Crippen LogP contribution is -2.50. The maximum absolute atomic E-state index is 13.1. The van der Waals surface area contributed by atoms with Crippen LogP contribution in [0.25, 0.3) is 0 Å². The number of para-hydroxylation sites is 1. The quantitative estimate of drug-likeness (QED) is 0.708. The summed E-state index contributed by atoms with van der Waals surface area (Å²) >= 11 is 0. The van der Waals surface area contributed by atoms with E-state index < -0.39 is 0 Å².